The Kier molecular flexibility index (Phi) is 8.31. The molecule has 0 bridgehead atoms. The highest BCUT2D eigenvalue weighted by atomic mass is 16.5. The van der Waals surface area contributed by atoms with Gasteiger partial charge in [0.05, 0.1) is 12.7 Å². The zero-order chi connectivity index (χ0) is 14.8. The third-order valence-corrected chi connectivity index (χ3v) is 3.11. The molecule has 0 saturated carbocycles. The van der Waals surface area contributed by atoms with Crippen LogP contribution in [-0.4, -0.2) is 25.9 Å². The minimum Gasteiger partial charge on any atom is -0.491 e. The Bertz CT molecular complexity index is 366. The fourth-order valence-electron chi connectivity index (χ4n) is 2.08. The fourth-order valence-corrected chi connectivity index (χ4v) is 2.08. The first-order valence-electron chi connectivity index (χ1n) is 7.75. The average Bonchev–Trinajstić information content (AvgIpc) is 2.45. The molecule has 20 heavy (non-hydrogen) atoms. The Morgan fingerprint density at radius 1 is 1.15 bits per heavy atom. The van der Waals surface area contributed by atoms with Gasteiger partial charge in [0.1, 0.15) is 12.4 Å². The van der Waals surface area contributed by atoms with Crippen molar-refractivity contribution < 1.29 is 9.47 Å². The van der Waals surface area contributed by atoms with Gasteiger partial charge in [-0.2, -0.15) is 0 Å². The molecule has 1 N–H and O–H groups in total. The zero-order valence-corrected chi connectivity index (χ0v) is 13.3. The molecule has 0 saturated heterocycles. The lowest BCUT2D eigenvalue weighted by Crippen LogP contribution is -2.21. The van der Waals surface area contributed by atoms with Gasteiger partial charge in [-0.3, -0.25) is 0 Å². The quantitative estimate of drug-likeness (QED) is 0.658. The first-order chi connectivity index (χ1) is 9.67. The van der Waals surface area contributed by atoms with E-state index < -0.39 is 0 Å². The van der Waals surface area contributed by atoms with Crippen LogP contribution in [-0.2, 0) is 4.74 Å². The number of hydrogen-bond acceptors (Lipinski definition) is 3. The smallest absolute Gasteiger partial charge is 0.119 e. The molecule has 0 amide bonds. The van der Waals surface area contributed by atoms with Gasteiger partial charge in [0.2, 0.25) is 0 Å². The van der Waals surface area contributed by atoms with Crippen LogP contribution in [0.25, 0.3) is 0 Å². The molecule has 0 aliphatic carbocycles. The lowest BCUT2D eigenvalue weighted by atomic mass is 10.0. The topological polar surface area (TPSA) is 30.5 Å². The van der Waals surface area contributed by atoms with Crippen LogP contribution in [0.15, 0.2) is 24.3 Å². The summed E-state index contributed by atoms with van der Waals surface area (Å²) in [5.41, 5.74) is 1.29. The van der Waals surface area contributed by atoms with Gasteiger partial charge in [-0.05, 0) is 50.9 Å². The fraction of sp³-hybridized carbons (Fsp3) is 0.647. The lowest BCUT2D eigenvalue weighted by molar-refractivity contribution is 0.0552. The van der Waals surface area contributed by atoms with Gasteiger partial charge in [-0.25, -0.2) is 0 Å². The van der Waals surface area contributed by atoms with Gasteiger partial charge in [0.25, 0.3) is 0 Å². The van der Waals surface area contributed by atoms with E-state index in [2.05, 4.69) is 37.4 Å². The Hall–Kier alpha value is -1.06. The number of ether oxygens (including phenoxy) is 2. The maximum Gasteiger partial charge on any atom is 0.119 e. The van der Waals surface area contributed by atoms with E-state index in [0.29, 0.717) is 19.3 Å². The predicted molar refractivity (Wildman–Crippen MR) is 84.4 cm³/mol. The molecular weight excluding hydrogens is 250 g/mol. The summed E-state index contributed by atoms with van der Waals surface area (Å²) in [5, 5.41) is 3.56. The van der Waals surface area contributed by atoms with Gasteiger partial charge in [-0.15, -0.1) is 0 Å². The molecule has 1 rings (SSSR count). The van der Waals surface area contributed by atoms with E-state index in [0.717, 1.165) is 25.1 Å². The third-order valence-electron chi connectivity index (χ3n) is 3.11. The molecule has 0 fully saturated rings. The standard InChI is InChI=1S/C17H29NO2/c1-5-10-18-17(6-2)15-8-7-9-16(13-15)20-12-11-19-14(3)4/h7-9,13-14,17-18H,5-6,10-12H2,1-4H3. The van der Waals surface area contributed by atoms with Crippen LogP contribution in [0.3, 0.4) is 0 Å². The van der Waals surface area contributed by atoms with E-state index in [1.54, 1.807) is 0 Å². The number of rotatable bonds is 10. The first-order valence-corrected chi connectivity index (χ1v) is 7.75. The van der Waals surface area contributed by atoms with Gasteiger partial charge < -0.3 is 14.8 Å². The van der Waals surface area contributed by atoms with E-state index in [-0.39, 0.29) is 6.10 Å². The molecule has 0 aliphatic heterocycles. The predicted octanol–water partition coefficient (Wildman–Crippen LogP) is 3.94. The molecular formula is C17H29NO2. The molecule has 1 unspecified atom stereocenters. The number of benzene rings is 1. The van der Waals surface area contributed by atoms with Crippen LogP contribution in [0.4, 0.5) is 0 Å². The average molecular weight is 279 g/mol. The van der Waals surface area contributed by atoms with Crippen LogP contribution in [0.1, 0.15) is 52.1 Å². The second-order valence-electron chi connectivity index (χ2n) is 5.26. The summed E-state index contributed by atoms with van der Waals surface area (Å²) < 4.78 is 11.2. The molecule has 3 heteroatoms. The highest BCUT2D eigenvalue weighted by molar-refractivity contribution is 5.30. The minimum atomic E-state index is 0.257. The molecule has 0 radical (unpaired) electrons. The summed E-state index contributed by atoms with van der Waals surface area (Å²) in [5.74, 6) is 0.923. The van der Waals surface area contributed by atoms with Crippen molar-refractivity contribution in [3.63, 3.8) is 0 Å². The Morgan fingerprint density at radius 2 is 1.95 bits per heavy atom. The molecule has 0 heterocycles. The van der Waals surface area contributed by atoms with Crippen molar-refractivity contribution in [3.8, 4) is 5.75 Å². The highest BCUT2D eigenvalue weighted by Gasteiger charge is 2.08. The lowest BCUT2D eigenvalue weighted by Gasteiger charge is -2.18. The molecule has 1 aromatic rings. The molecule has 0 spiro atoms. The molecule has 3 nitrogen and oxygen atoms in total. The summed E-state index contributed by atoms with van der Waals surface area (Å²) in [4.78, 5) is 0. The zero-order valence-electron chi connectivity index (χ0n) is 13.3. The summed E-state index contributed by atoms with van der Waals surface area (Å²) in [6.07, 6.45) is 2.49. The van der Waals surface area contributed by atoms with Crippen molar-refractivity contribution in [3.05, 3.63) is 29.8 Å². The largest absolute Gasteiger partial charge is 0.491 e. The van der Waals surface area contributed by atoms with Gasteiger partial charge >= 0.3 is 0 Å². The Balaban J connectivity index is 2.51. The summed E-state index contributed by atoms with van der Waals surface area (Å²) in [7, 11) is 0. The van der Waals surface area contributed by atoms with E-state index in [9.17, 15) is 0 Å². The second kappa shape index (κ2) is 9.78. The maximum absolute atomic E-state index is 5.74. The highest BCUT2D eigenvalue weighted by Crippen LogP contribution is 2.21. The van der Waals surface area contributed by atoms with Crippen molar-refractivity contribution in [1.29, 1.82) is 0 Å². The van der Waals surface area contributed by atoms with Crippen molar-refractivity contribution in [2.45, 2.75) is 52.7 Å². The van der Waals surface area contributed by atoms with Crippen LogP contribution in [0.2, 0.25) is 0 Å². The van der Waals surface area contributed by atoms with Crippen LogP contribution < -0.4 is 10.1 Å². The molecule has 0 aromatic heterocycles. The monoisotopic (exact) mass is 279 g/mol. The van der Waals surface area contributed by atoms with Gasteiger partial charge in [0, 0.05) is 6.04 Å². The molecule has 114 valence electrons. The summed E-state index contributed by atoms with van der Waals surface area (Å²) >= 11 is 0. The molecule has 0 aliphatic rings. The normalized spacial score (nSPS) is 12.7. The van der Waals surface area contributed by atoms with Crippen molar-refractivity contribution >= 4 is 0 Å². The van der Waals surface area contributed by atoms with Crippen LogP contribution in [0, 0.1) is 0 Å². The van der Waals surface area contributed by atoms with E-state index in [1.807, 2.05) is 19.9 Å². The first kappa shape index (κ1) is 17.0. The molecule has 1 aromatic carbocycles. The van der Waals surface area contributed by atoms with E-state index in [4.69, 9.17) is 9.47 Å². The second-order valence-corrected chi connectivity index (χ2v) is 5.26. The van der Waals surface area contributed by atoms with Crippen molar-refractivity contribution in [2.75, 3.05) is 19.8 Å². The van der Waals surface area contributed by atoms with Crippen LogP contribution in [0.5, 0.6) is 5.75 Å². The minimum absolute atomic E-state index is 0.257. The summed E-state index contributed by atoms with van der Waals surface area (Å²) in [6.45, 7) is 10.7. The summed E-state index contributed by atoms with van der Waals surface area (Å²) in [6, 6.07) is 8.77. The Labute approximate surface area is 123 Å². The van der Waals surface area contributed by atoms with Crippen molar-refractivity contribution in [2.24, 2.45) is 0 Å². The van der Waals surface area contributed by atoms with Crippen LogP contribution >= 0.6 is 0 Å². The van der Waals surface area contributed by atoms with E-state index in [1.165, 1.54) is 5.56 Å². The van der Waals surface area contributed by atoms with Gasteiger partial charge in [0.15, 0.2) is 0 Å². The number of hydrogen-bond donors (Lipinski definition) is 1. The Morgan fingerprint density at radius 3 is 2.60 bits per heavy atom. The maximum atomic E-state index is 5.74. The molecule has 1 atom stereocenters. The SMILES string of the molecule is CCCNC(CC)c1cccc(OCCOC(C)C)c1. The number of nitrogens with one attached hydrogen (secondary N) is 1. The van der Waals surface area contributed by atoms with Gasteiger partial charge in [-0.1, -0.05) is 26.0 Å². The van der Waals surface area contributed by atoms with Crippen molar-refractivity contribution in [1.82, 2.24) is 5.32 Å². The van der Waals surface area contributed by atoms with E-state index >= 15 is 0 Å². The third kappa shape index (κ3) is 6.40.